The van der Waals surface area contributed by atoms with Crippen LogP contribution < -0.4 is 0 Å². The molecule has 126 heavy (non-hydrogen) atoms. The van der Waals surface area contributed by atoms with Crippen LogP contribution >= 0.6 is 0 Å². The Labute approximate surface area is 727 Å². The maximum Gasteiger partial charge on any atom is 0.162 e. The van der Waals surface area contributed by atoms with Crippen molar-refractivity contribution in [3.63, 3.8) is 0 Å². The van der Waals surface area contributed by atoms with Crippen LogP contribution in [-0.2, 0) is 16.2 Å². The molecule has 6 aromatic heterocycles. The van der Waals surface area contributed by atoms with Crippen LogP contribution in [0.3, 0.4) is 0 Å². The molecule has 0 fully saturated rings. The van der Waals surface area contributed by atoms with Crippen molar-refractivity contribution in [1.29, 1.82) is 0 Å². The van der Waals surface area contributed by atoms with Gasteiger partial charge in [0, 0.05) is 104 Å². The van der Waals surface area contributed by atoms with Crippen molar-refractivity contribution in [1.82, 2.24) is 32.8 Å². The van der Waals surface area contributed by atoms with Gasteiger partial charge in [-0.05, 0) is 270 Å². The Bertz CT molecular complexity index is 8670. The van der Waals surface area contributed by atoms with Crippen molar-refractivity contribution in [3.8, 4) is 107 Å². The predicted molar refractivity (Wildman–Crippen MR) is 526 cm³/mol. The minimum absolute atomic E-state index is 0.114. The van der Waals surface area contributed by atoms with Gasteiger partial charge < -0.3 is 18.3 Å². The van der Waals surface area contributed by atoms with Crippen LogP contribution in [0.4, 0.5) is 0 Å². The number of rotatable bonds is 9. The highest BCUT2D eigenvalue weighted by atomic mass is 15.1. The van der Waals surface area contributed by atoms with Gasteiger partial charge in [-0.3, -0.25) is 4.57 Å². The lowest BCUT2D eigenvalue weighted by Crippen LogP contribution is -2.15. The quantitative estimate of drug-likeness (QED) is 0.145. The molecular formula is C119H81N7. The molecule has 0 bridgehead atoms. The molecule has 3 aliphatic rings. The summed E-state index contributed by atoms with van der Waals surface area (Å²) in [6.45, 7) is 14.2. The van der Waals surface area contributed by atoms with E-state index in [2.05, 4.69) is 447 Å². The van der Waals surface area contributed by atoms with E-state index in [1.807, 2.05) is 0 Å². The number of para-hydroxylation sites is 5. The zero-order valence-electron chi connectivity index (χ0n) is 70.5. The molecule has 592 valence electrons. The van der Waals surface area contributed by atoms with E-state index in [9.17, 15) is 0 Å². The monoisotopic (exact) mass is 1610 g/mol. The summed E-state index contributed by atoms with van der Waals surface area (Å²) >= 11 is 0. The molecular weight excluding hydrogens is 1530 g/mol. The summed E-state index contributed by atoms with van der Waals surface area (Å²) in [7, 11) is 0. The number of hydrogen-bond acceptors (Lipinski definition) is 2. The van der Waals surface area contributed by atoms with E-state index in [4.69, 9.17) is 9.97 Å². The van der Waals surface area contributed by atoms with Gasteiger partial charge in [0.05, 0.1) is 60.7 Å². The van der Waals surface area contributed by atoms with E-state index < -0.39 is 0 Å². The van der Waals surface area contributed by atoms with Crippen LogP contribution in [0.25, 0.3) is 227 Å². The summed E-state index contributed by atoms with van der Waals surface area (Å²) in [6.07, 6.45) is 0. The molecule has 0 spiro atoms. The molecule has 18 aromatic carbocycles. The van der Waals surface area contributed by atoms with E-state index in [0.29, 0.717) is 5.82 Å². The molecule has 24 aromatic rings. The summed E-state index contributed by atoms with van der Waals surface area (Å²) in [5.41, 5.74) is 40.6. The number of fused-ring (bicyclic) bond motifs is 25. The molecule has 27 rings (SSSR count). The normalized spacial score (nSPS) is 14.0. The zero-order valence-corrected chi connectivity index (χ0v) is 70.5. The molecule has 0 N–H and O–H groups in total. The summed E-state index contributed by atoms with van der Waals surface area (Å²) in [6, 6.07) is 143. The van der Waals surface area contributed by atoms with Gasteiger partial charge >= 0.3 is 0 Å². The highest BCUT2D eigenvalue weighted by Gasteiger charge is 2.39. The van der Waals surface area contributed by atoms with Gasteiger partial charge in [-0.2, -0.15) is 0 Å². The SMILES string of the molecule is CC1(C)c2ccccc2-c2ccc(-n3c4ccccc4c4cc(-c5ccc6c(c5)c5cc(-c7ccc8c(c7)c7ccccc7n8-c7ccc8c(c7)C(C)(C)c7ccccc7-8)ccc5n6-c5ccc(-c6nc(-n7c8ccccc8c8cc(-c9ccc%10c(c9)c9ccccc9n%10-c9ccc%10c(c9)C(C)(C)c9ccccc9-%10)ccc87)c7ccccc7n6)cc5)ccc43)cc21. The van der Waals surface area contributed by atoms with Crippen LogP contribution in [0.1, 0.15) is 74.9 Å². The molecule has 6 heterocycles. The summed E-state index contributed by atoms with van der Waals surface area (Å²) < 4.78 is 12.2. The van der Waals surface area contributed by atoms with Crippen molar-refractivity contribution in [3.05, 3.63) is 416 Å². The minimum Gasteiger partial charge on any atom is -0.309 e. The molecule has 0 aliphatic heterocycles. The summed E-state index contributed by atoms with van der Waals surface area (Å²) in [4.78, 5) is 11.1. The number of hydrogen-bond donors (Lipinski definition) is 0. The fourth-order valence-corrected chi connectivity index (χ4v) is 22.9. The second kappa shape index (κ2) is 25.7. The van der Waals surface area contributed by atoms with Gasteiger partial charge in [0.1, 0.15) is 5.82 Å². The van der Waals surface area contributed by atoms with Gasteiger partial charge in [-0.15, -0.1) is 0 Å². The second-order valence-corrected chi connectivity index (χ2v) is 36.8. The van der Waals surface area contributed by atoms with Crippen molar-refractivity contribution in [2.45, 2.75) is 57.8 Å². The standard InChI is InChI=1S/C119H81N7/c1-117(2)98-31-15-7-23-81(98)84-52-49-78(67-101(84)117)123-105-35-19-11-26-87(105)92-61-71(41-55-109(92)123)74-46-60-114-95(64-74)90-29-14-22-38-108(90)126(114)116-91-30-10-18-34-104(91)120-115(121-116)70-39-47-77(48-40-70)122-112-58-44-75(72-42-56-110-93(62-72)88-27-12-20-36-106(88)124(110)79-50-53-85-82-24-8-16-32-99(82)118(3,4)102(85)68-79)65-96(112)97-66-76(45-59-113(97)122)73-43-57-111-94(63-73)89-28-13-21-37-107(89)125(111)80-51-54-86-83-25-9-17-33-100(83)119(5,6)103(86)69-80/h7-69H,1-6H3. The molecule has 7 heteroatoms. The Morgan fingerprint density at radius 1 is 0.175 bits per heavy atom. The van der Waals surface area contributed by atoms with Gasteiger partial charge in [0.25, 0.3) is 0 Å². The molecule has 0 unspecified atom stereocenters. The molecule has 0 saturated carbocycles. The Morgan fingerprint density at radius 2 is 0.421 bits per heavy atom. The van der Waals surface area contributed by atoms with Crippen molar-refractivity contribution in [2.24, 2.45) is 0 Å². The van der Waals surface area contributed by atoms with Crippen LogP contribution in [0.5, 0.6) is 0 Å². The van der Waals surface area contributed by atoms with Gasteiger partial charge in [0.15, 0.2) is 5.82 Å². The van der Waals surface area contributed by atoms with Gasteiger partial charge in [-0.25, -0.2) is 9.97 Å². The van der Waals surface area contributed by atoms with Crippen LogP contribution in [-0.4, -0.2) is 32.8 Å². The molecule has 0 saturated heterocycles. The third kappa shape index (κ3) is 9.88. The van der Waals surface area contributed by atoms with Crippen LogP contribution in [0.2, 0.25) is 0 Å². The Kier molecular flexibility index (Phi) is 14.5. The molecule has 0 radical (unpaired) electrons. The van der Waals surface area contributed by atoms with Crippen LogP contribution in [0.15, 0.2) is 382 Å². The maximum absolute atomic E-state index is 5.69. The van der Waals surface area contributed by atoms with Crippen molar-refractivity contribution < 1.29 is 0 Å². The fourth-order valence-electron chi connectivity index (χ4n) is 22.9. The van der Waals surface area contributed by atoms with E-state index in [1.54, 1.807) is 0 Å². The minimum atomic E-state index is -0.128. The maximum atomic E-state index is 5.69. The highest BCUT2D eigenvalue weighted by Crippen LogP contribution is 2.55. The first-order chi connectivity index (χ1) is 61.7. The average molecular weight is 1610 g/mol. The summed E-state index contributed by atoms with van der Waals surface area (Å²) in [5, 5.41) is 13.0. The molecule has 0 amide bonds. The largest absolute Gasteiger partial charge is 0.309 e. The lowest BCUT2D eigenvalue weighted by Gasteiger charge is -2.22. The third-order valence-corrected chi connectivity index (χ3v) is 29.1. The first-order valence-corrected chi connectivity index (χ1v) is 44.1. The van der Waals surface area contributed by atoms with Crippen molar-refractivity contribution in [2.75, 3.05) is 0 Å². The van der Waals surface area contributed by atoms with E-state index in [1.165, 1.54) is 160 Å². The van der Waals surface area contributed by atoms with E-state index in [-0.39, 0.29) is 16.2 Å². The van der Waals surface area contributed by atoms with Crippen LogP contribution in [0, 0.1) is 0 Å². The lowest BCUT2D eigenvalue weighted by molar-refractivity contribution is 0.660. The average Bonchev–Trinajstić information content (AvgIpc) is 1.56. The second-order valence-electron chi connectivity index (χ2n) is 36.8. The lowest BCUT2D eigenvalue weighted by atomic mass is 9.82. The fraction of sp³-hybridized carbons (Fsp3) is 0.0756. The first-order valence-electron chi connectivity index (χ1n) is 44.1. The Balaban J connectivity index is 0.575. The van der Waals surface area contributed by atoms with Crippen molar-refractivity contribution >= 4 is 120 Å². The van der Waals surface area contributed by atoms with Gasteiger partial charge in [-0.1, -0.05) is 254 Å². The van der Waals surface area contributed by atoms with E-state index >= 15 is 0 Å². The molecule has 0 atom stereocenters. The number of nitrogens with zero attached hydrogens (tertiary/aromatic N) is 7. The summed E-state index contributed by atoms with van der Waals surface area (Å²) in [5.74, 6) is 1.49. The first kappa shape index (κ1) is 70.9. The Hall–Kier alpha value is -15.7. The molecule has 7 nitrogen and oxygen atoms in total. The molecule has 3 aliphatic carbocycles. The topological polar surface area (TPSA) is 50.4 Å². The van der Waals surface area contributed by atoms with E-state index in [0.717, 1.165) is 94.2 Å². The predicted octanol–water partition coefficient (Wildman–Crippen LogP) is 30.7. The smallest absolute Gasteiger partial charge is 0.162 e. The number of benzene rings is 18. The third-order valence-electron chi connectivity index (χ3n) is 29.1. The highest BCUT2D eigenvalue weighted by molar-refractivity contribution is 6.17. The Morgan fingerprint density at radius 3 is 0.770 bits per heavy atom. The number of aromatic nitrogens is 7. The zero-order chi connectivity index (χ0) is 83.5. The van der Waals surface area contributed by atoms with Gasteiger partial charge in [0.2, 0.25) is 0 Å².